The van der Waals surface area contributed by atoms with Gasteiger partial charge in [-0.1, -0.05) is 34.8 Å². The highest BCUT2D eigenvalue weighted by Gasteiger charge is 2.28. The molecule has 10 heteroatoms. The number of likely N-dealkylation sites (tertiary alicyclic amines) is 1. The molecule has 1 aliphatic rings. The summed E-state index contributed by atoms with van der Waals surface area (Å²) in [6.07, 6.45) is 0.643. The second-order valence-corrected chi connectivity index (χ2v) is 9.10. The van der Waals surface area contributed by atoms with Crippen LogP contribution in [0.25, 0.3) is 5.69 Å². The molecule has 2 aromatic rings. The zero-order chi connectivity index (χ0) is 22.1. The zero-order valence-electron chi connectivity index (χ0n) is 16.8. The number of piperidine rings is 1. The van der Waals surface area contributed by atoms with Gasteiger partial charge in [-0.05, 0) is 39.0 Å². The van der Waals surface area contributed by atoms with Crippen molar-refractivity contribution in [1.82, 2.24) is 14.7 Å². The van der Waals surface area contributed by atoms with Gasteiger partial charge in [-0.15, -0.1) is 5.10 Å². The Kier molecular flexibility index (Phi) is 6.84. The Labute approximate surface area is 189 Å². The maximum absolute atomic E-state index is 12.5. The lowest BCUT2D eigenvalue weighted by molar-refractivity contribution is 0.0126. The number of nitrogens with zero attached hydrogens (tertiary/aromatic N) is 3. The molecule has 1 saturated heterocycles. The van der Waals surface area contributed by atoms with Crippen LogP contribution in [0.2, 0.25) is 15.2 Å². The van der Waals surface area contributed by atoms with Crippen LogP contribution in [0, 0.1) is 0 Å². The number of hydrogen-bond donors (Lipinski definition) is 0. The van der Waals surface area contributed by atoms with E-state index >= 15 is 0 Å². The highest BCUT2D eigenvalue weighted by Crippen LogP contribution is 2.27. The Hall–Kier alpha value is -1.96. The molecule has 1 fully saturated rings. The number of benzene rings is 1. The van der Waals surface area contributed by atoms with E-state index in [2.05, 4.69) is 5.10 Å². The Morgan fingerprint density at radius 2 is 1.77 bits per heavy atom. The average molecular weight is 475 g/mol. The van der Waals surface area contributed by atoms with Crippen LogP contribution in [0.4, 0.5) is 4.79 Å². The first kappa shape index (κ1) is 22.7. The largest absolute Gasteiger partial charge is 0.487 e. The molecule has 0 radical (unpaired) electrons. The summed E-state index contributed by atoms with van der Waals surface area (Å²) in [6.45, 7) is 6.47. The van der Waals surface area contributed by atoms with E-state index in [1.54, 1.807) is 17.0 Å². The second kappa shape index (κ2) is 9.04. The van der Waals surface area contributed by atoms with E-state index in [0.29, 0.717) is 41.7 Å². The fraction of sp³-hybridized carbons (Fsp3) is 0.450. The summed E-state index contributed by atoms with van der Waals surface area (Å²) in [7, 11) is 0. The summed E-state index contributed by atoms with van der Waals surface area (Å²) in [5.74, 6) is 0.202. The first-order valence-corrected chi connectivity index (χ1v) is 10.6. The first-order valence-electron chi connectivity index (χ1n) is 9.43. The molecule has 0 atom stereocenters. The van der Waals surface area contributed by atoms with Gasteiger partial charge in [0.25, 0.3) is 5.56 Å². The van der Waals surface area contributed by atoms with Gasteiger partial charge in [-0.3, -0.25) is 4.79 Å². The Morgan fingerprint density at radius 1 is 1.10 bits per heavy atom. The van der Waals surface area contributed by atoms with Crippen molar-refractivity contribution in [1.29, 1.82) is 0 Å². The lowest BCUT2D eigenvalue weighted by Gasteiger charge is -2.33. The first-order chi connectivity index (χ1) is 14.0. The van der Waals surface area contributed by atoms with Gasteiger partial charge < -0.3 is 14.4 Å². The Morgan fingerprint density at radius 3 is 2.37 bits per heavy atom. The number of carbonyl (C=O) groups excluding carboxylic acids is 1. The van der Waals surface area contributed by atoms with Crippen LogP contribution in [-0.2, 0) is 4.74 Å². The molecule has 3 rings (SSSR count). The third-order valence-electron chi connectivity index (χ3n) is 4.39. The van der Waals surface area contributed by atoms with Gasteiger partial charge in [-0.2, -0.15) is 4.68 Å². The fourth-order valence-electron chi connectivity index (χ4n) is 2.97. The van der Waals surface area contributed by atoms with Crippen molar-refractivity contribution < 1.29 is 14.3 Å². The van der Waals surface area contributed by atoms with Crippen LogP contribution >= 0.6 is 34.8 Å². The molecule has 0 unspecified atom stereocenters. The maximum Gasteiger partial charge on any atom is 0.410 e. The summed E-state index contributed by atoms with van der Waals surface area (Å²) < 4.78 is 12.4. The van der Waals surface area contributed by atoms with Crippen LogP contribution in [-0.4, -0.2) is 45.6 Å². The summed E-state index contributed by atoms with van der Waals surface area (Å²) >= 11 is 18.2. The molecular formula is C20H22Cl3N3O4. The number of amides is 1. The van der Waals surface area contributed by atoms with Gasteiger partial charge in [0.2, 0.25) is 0 Å². The Bertz CT molecular complexity index is 996. The molecule has 2 heterocycles. The van der Waals surface area contributed by atoms with Crippen LogP contribution in [0.3, 0.4) is 0 Å². The number of ether oxygens (including phenoxy) is 2. The summed E-state index contributed by atoms with van der Waals surface area (Å²) in [5.41, 5.74) is -0.519. The maximum atomic E-state index is 12.5. The van der Waals surface area contributed by atoms with Crippen molar-refractivity contribution >= 4 is 40.9 Å². The quantitative estimate of drug-likeness (QED) is 0.628. The van der Waals surface area contributed by atoms with Crippen molar-refractivity contribution in [3.8, 4) is 11.4 Å². The molecule has 7 nitrogen and oxygen atoms in total. The number of rotatable bonds is 3. The van der Waals surface area contributed by atoms with E-state index in [0.717, 1.165) is 4.68 Å². The molecule has 0 bridgehead atoms. The average Bonchev–Trinajstić information content (AvgIpc) is 2.66. The topological polar surface area (TPSA) is 73.7 Å². The summed E-state index contributed by atoms with van der Waals surface area (Å²) in [6, 6.07) is 6.01. The SMILES string of the molecule is CC(C)(C)OC(=O)N1CCC(Oc2cc(=O)n(-c3ccc(Cl)c(Cl)c3)nc2Cl)CC1. The van der Waals surface area contributed by atoms with Gasteiger partial charge in [0.15, 0.2) is 10.9 Å². The molecule has 1 aromatic heterocycles. The number of aromatic nitrogens is 2. The smallest absolute Gasteiger partial charge is 0.410 e. The summed E-state index contributed by atoms with van der Waals surface area (Å²) in [5, 5.41) is 4.85. The van der Waals surface area contributed by atoms with Crippen LogP contribution in [0.1, 0.15) is 33.6 Å². The van der Waals surface area contributed by atoms with Crippen LogP contribution in [0.5, 0.6) is 5.75 Å². The van der Waals surface area contributed by atoms with Gasteiger partial charge in [-0.25, -0.2) is 4.79 Å². The normalized spacial score (nSPS) is 15.2. The molecular weight excluding hydrogens is 453 g/mol. The fourth-order valence-corrected chi connectivity index (χ4v) is 3.43. The highest BCUT2D eigenvalue weighted by atomic mass is 35.5. The predicted octanol–water partition coefficient (Wildman–Crippen LogP) is 4.97. The molecule has 1 aromatic carbocycles. The van der Waals surface area contributed by atoms with Crippen LogP contribution in [0.15, 0.2) is 29.1 Å². The molecule has 0 aliphatic carbocycles. The second-order valence-electron chi connectivity index (χ2n) is 7.93. The van der Waals surface area contributed by atoms with Crippen molar-refractivity contribution in [3.63, 3.8) is 0 Å². The number of hydrogen-bond acceptors (Lipinski definition) is 5. The molecule has 162 valence electrons. The van der Waals surface area contributed by atoms with Gasteiger partial charge >= 0.3 is 6.09 Å². The van der Waals surface area contributed by atoms with Gasteiger partial charge in [0.1, 0.15) is 11.7 Å². The lowest BCUT2D eigenvalue weighted by Crippen LogP contribution is -2.44. The van der Waals surface area contributed by atoms with Gasteiger partial charge in [0, 0.05) is 25.9 Å². The third-order valence-corrected chi connectivity index (χ3v) is 5.39. The third kappa shape index (κ3) is 5.59. The molecule has 1 amide bonds. The minimum absolute atomic E-state index is 0.0512. The molecule has 1 aliphatic heterocycles. The Balaban J connectivity index is 1.67. The number of carbonyl (C=O) groups is 1. The van der Waals surface area contributed by atoms with Gasteiger partial charge in [0.05, 0.1) is 21.8 Å². The van der Waals surface area contributed by atoms with E-state index in [1.165, 1.54) is 12.1 Å². The summed E-state index contributed by atoms with van der Waals surface area (Å²) in [4.78, 5) is 26.3. The monoisotopic (exact) mass is 473 g/mol. The van der Waals surface area contributed by atoms with E-state index in [1.807, 2.05) is 20.8 Å². The van der Waals surface area contributed by atoms with Crippen molar-refractivity contribution in [2.24, 2.45) is 0 Å². The van der Waals surface area contributed by atoms with Crippen molar-refractivity contribution in [2.45, 2.75) is 45.3 Å². The number of halogens is 3. The molecule has 0 saturated carbocycles. The minimum Gasteiger partial charge on any atom is -0.487 e. The van der Waals surface area contributed by atoms with Crippen molar-refractivity contribution in [2.75, 3.05) is 13.1 Å². The standard InChI is InChI=1S/C20H22Cl3N3O4/c1-20(2,3)30-19(28)25-8-6-13(7-9-25)29-16-11-17(27)26(24-18(16)23)12-4-5-14(21)15(22)10-12/h4-5,10-11,13H,6-9H2,1-3H3. The van der Waals surface area contributed by atoms with E-state index in [9.17, 15) is 9.59 Å². The molecule has 30 heavy (non-hydrogen) atoms. The van der Waals surface area contributed by atoms with E-state index in [4.69, 9.17) is 44.3 Å². The van der Waals surface area contributed by atoms with E-state index < -0.39 is 11.2 Å². The minimum atomic E-state index is -0.540. The molecule has 0 spiro atoms. The van der Waals surface area contributed by atoms with Crippen molar-refractivity contribution in [3.05, 3.63) is 49.8 Å². The van der Waals surface area contributed by atoms with Crippen LogP contribution < -0.4 is 10.3 Å². The predicted molar refractivity (Wildman–Crippen MR) is 116 cm³/mol. The lowest BCUT2D eigenvalue weighted by atomic mass is 10.1. The zero-order valence-corrected chi connectivity index (χ0v) is 19.1. The van der Waals surface area contributed by atoms with E-state index in [-0.39, 0.29) is 23.1 Å². The molecule has 0 N–H and O–H groups in total. The highest BCUT2D eigenvalue weighted by molar-refractivity contribution is 6.42.